The van der Waals surface area contributed by atoms with Gasteiger partial charge in [-0.3, -0.25) is 9.59 Å². The standard InChI is InChI=1S/C37H38O12/c1-5-44-34(39)24-26(3)36(41)48-22-21-46-31-13-7-27(8-14-31)28-9-17-32(18-10-28)49-37(42)29-11-15-30(16-12-29)45-19-6-20-47-35(40)25(2)23-33(38)43-4/h7-18H,2-3,5-6,19-24H2,1,4H3. The maximum atomic E-state index is 12.7. The molecule has 3 rings (SSSR count). The fourth-order valence-corrected chi connectivity index (χ4v) is 4.00. The first-order valence-electron chi connectivity index (χ1n) is 15.3. The molecule has 0 aliphatic heterocycles. The second-order valence-electron chi connectivity index (χ2n) is 10.2. The third-order valence-electron chi connectivity index (χ3n) is 6.54. The molecule has 0 aliphatic rings. The van der Waals surface area contributed by atoms with E-state index in [1.54, 1.807) is 55.5 Å². The molecule has 0 atom stereocenters. The topological polar surface area (TPSA) is 150 Å². The molecule has 49 heavy (non-hydrogen) atoms. The van der Waals surface area contributed by atoms with E-state index in [1.165, 1.54) is 7.11 Å². The van der Waals surface area contributed by atoms with Crippen molar-refractivity contribution in [2.45, 2.75) is 26.2 Å². The van der Waals surface area contributed by atoms with Gasteiger partial charge in [0.15, 0.2) is 0 Å². The zero-order valence-corrected chi connectivity index (χ0v) is 27.4. The van der Waals surface area contributed by atoms with Gasteiger partial charge in [-0.05, 0) is 66.6 Å². The largest absolute Gasteiger partial charge is 0.493 e. The van der Waals surface area contributed by atoms with Gasteiger partial charge in [0.05, 0.1) is 45.3 Å². The Morgan fingerprint density at radius 2 is 1.06 bits per heavy atom. The van der Waals surface area contributed by atoms with Crippen molar-refractivity contribution in [3.63, 3.8) is 0 Å². The van der Waals surface area contributed by atoms with Crippen LogP contribution in [0.1, 0.15) is 36.5 Å². The van der Waals surface area contributed by atoms with E-state index in [1.807, 2.05) is 24.3 Å². The number of hydrogen-bond acceptors (Lipinski definition) is 12. The van der Waals surface area contributed by atoms with E-state index in [2.05, 4.69) is 17.9 Å². The molecule has 3 aromatic rings. The number of carbonyl (C=O) groups excluding carboxylic acids is 5. The van der Waals surface area contributed by atoms with Crippen molar-refractivity contribution in [3.8, 4) is 28.4 Å². The Morgan fingerprint density at radius 3 is 1.61 bits per heavy atom. The molecule has 12 nitrogen and oxygen atoms in total. The highest BCUT2D eigenvalue weighted by molar-refractivity contribution is 5.94. The summed E-state index contributed by atoms with van der Waals surface area (Å²) in [6, 6.07) is 20.8. The monoisotopic (exact) mass is 674 g/mol. The molecule has 0 saturated heterocycles. The van der Waals surface area contributed by atoms with Gasteiger partial charge in [0, 0.05) is 17.6 Å². The molecule has 0 spiro atoms. The minimum absolute atomic E-state index is 0.0123. The fourth-order valence-electron chi connectivity index (χ4n) is 4.00. The lowest BCUT2D eigenvalue weighted by atomic mass is 10.1. The number of carbonyl (C=O) groups is 5. The first-order valence-corrected chi connectivity index (χ1v) is 15.3. The van der Waals surface area contributed by atoms with Crippen LogP contribution in [0, 0.1) is 0 Å². The van der Waals surface area contributed by atoms with Crippen LogP contribution in [0.25, 0.3) is 11.1 Å². The minimum atomic E-state index is -0.682. The fraction of sp³-hybridized carbons (Fsp3) is 0.270. The Morgan fingerprint density at radius 1 is 0.571 bits per heavy atom. The highest BCUT2D eigenvalue weighted by Crippen LogP contribution is 2.25. The molecule has 0 heterocycles. The molecule has 0 bridgehead atoms. The van der Waals surface area contributed by atoms with E-state index in [9.17, 15) is 24.0 Å². The van der Waals surface area contributed by atoms with Gasteiger partial charge in [-0.25, -0.2) is 14.4 Å². The Balaban J connectivity index is 1.37. The third-order valence-corrected chi connectivity index (χ3v) is 6.54. The van der Waals surface area contributed by atoms with Crippen LogP contribution in [0.5, 0.6) is 17.2 Å². The van der Waals surface area contributed by atoms with Gasteiger partial charge >= 0.3 is 29.8 Å². The first-order chi connectivity index (χ1) is 23.6. The number of benzene rings is 3. The van der Waals surface area contributed by atoms with E-state index in [4.69, 9.17) is 28.4 Å². The third kappa shape index (κ3) is 13.0. The molecule has 0 fully saturated rings. The molecule has 0 aliphatic carbocycles. The van der Waals surface area contributed by atoms with Crippen LogP contribution in [-0.4, -0.2) is 70.0 Å². The molecule has 0 aromatic heterocycles. The number of ether oxygens (including phenoxy) is 7. The van der Waals surface area contributed by atoms with Crippen LogP contribution >= 0.6 is 0 Å². The van der Waals surface area contributed by atoms with E-state index in [0.717, 1.165) is 11.1 Å². The van der Waals surface area contributed by atoms with Crippen molar-refractivity contribution in [1.29, 1.82) is 0 Å². The molecule has 0 saturated carbocycles. The summed E-state index contributed by atoms with van der Waals surface area (Å²) in [5.74, 6) is -1.52. The molecule has 0 unspecified atom stereocenters. The molecule has 0 radical (unpaired) electrons. The summed E-state index contributed by atoms with van der Waals surface area (Å²) in [6.07, 6.45) is -0.0502. The Labute approximate surface area is 284 Å². The van der Waals surface area contributed by atoms with Crippen molar-refractivity contribution >= 4 is 29.8 Å². The van der Waals surface area contributed by atoms with Crippen LogP contribution in [0.15, 0.2) is 97.1 Å². The van der Waals surface area contributed by atoms with Crippen molar-refractivity contribution in [2.24, 2.45) is 0 Å². The Bertz CT molecular complexity index is 1610. The molecule has 12 heteroatoms. The van der Waals surface area contributed by atoms with Crippen molar-refractivity contribution in [3.05, 3.63) is 103 Å². The average molecular weight is 675 g/mol. The second-order valence-corrected chi connectivity index (χ2v) is 10.2. The Kier molecular flexibility index (Phi) is 15.1. The summed E-state index contributed by atoms with van der Waals surface area (Å²) in [5.41, 5.74) is 2.16. The molecule has 3 aromatic carbocycles. The predicted molar refractivity (Wildman–Crippen MR) is 177 cm³/mol. The number of esters is 5. The zero-order chi connectivity index (χ0) is 35.6. The van der Waals surface area contributed by atoms with Crippen molar-refractivity contribution in [2.75, 3.05) is 40.1 Å². The van der Waals surface area contributed by atoms with Gasteiger partial charge in [0.2, 0.25) is 0 Å². The molecule has 258 valence electrons. The summed E-state index contributed by atoms with van der Waals surface area (Å²) >= 11 is 0. The van der Waals surface area contributed by atoms with E-state index in [0.29, 0.717) is 29.2 Å². The van der Waals surface area contributed by atoms with Crippen LogP contribution in [-0.2, 0) is 38.1 Å². The maximum absolute atomic E-state index is 12.7. The molecule has 0 amide bonds. The zero-order valence-electron chi connectivity index (χ0n) is 27.4. The predicted octanol–water partition coefficient (Wildman–Crippen LogP) is 5.44. The molecular formula is C37H38O12. The number of hydrogen-bond donors (Lipinski definition) is 0. The van der Waals surface area contributed by atoms with Gasteiger partial charge in [-0.15, -0.1) is 0 Å². The molecule has 0 N–H and O–H groups in total. The average Bonchev–Trinajstić information content (AvgIpc) is 3.10. The SMILES string of the molecule is C=C(CC(=O)OC)C(=O)OCCCOc1ccc(C(=O)Oc2ccc(-c3ccc(OCCOC(=O)C(=C)CC(=O)OCC)cc3)cc2)cc1. The quantitative estimate of drug-likeness (QED) is 0.0524. The van der Waals surface area contributed by atoms with Gasteiger partial charge in [-0.1, -0.05) is 37.4 Å². The summed E-state index contributed by atoms with van der Waals surface area (Å²) in [7, 11) is 1.22. The summed E-state index contributed by atoms with van der Waals surface area (Å²) < 4.78 is 36.2. The first kappa shape index (κ1) is 37.5. The Hall–Kier alpha value is -5.91. The van der Waals surface area contributed by atoms with Gasteiger partial charge in [-0.2, -0.15) is 0 Å². The highest BCUT2D eigenvalue weighted by Gasteiger charge is 2.15. The van der Waals surface area contributed by atoms with Gasteiger partial charge in [0.25, 0.3) is 0 Å². The summed E-state index contributed by atoms with van der Waals surface area (Å²) in [4.78, 5) is 59.0. The second kappa shape index (κ2) is 19.7. The van der Waals surface area contributed by atoms with E-state index in [-0.39, 0.29) is 57.0 Å². The van der Waals surface area contributed by atoms with Crippen LogP contribution < -0.4 is 14.2 Å². The number of methoxy groups -OCH3 is 1. The van der Waals surface area contributed by atoms with Crippen LogP contribution in [0.4, 0.5) is 0 Å². The minimum Gasteiger partial charge on any atom is -0.493 e. The summed E-state index contributed by atoms with van der Waals surface area (Å²) in [6.45, 7) is 9.41. The lowest BCUT2D eigenvalue weighted by Crippen LogP contribution is -2.16. The van der Waals surface area contributed by atoms with E-state index >= 15 is 0 Å². The normalized spacial score (nSPS) is 10.2. The lowest BCUT2D eigenvalue weighted by molar-refractivity contribution is -0.146. The number of rotatable bonds is 19. The maximum Gasteiger partial charge on any atom is 0.343 e. The smallest absolute Gasteiger partial charge is 0.343 e. The summed E-state index contributed by atoms with van der Waals surface area (Å²) in [5, 5.41) is 0. The van der Waals surface area contributed by atoms with E-state index < -0.39 is 29.8 Å². The van der Waals surface area contributed by atoms with Crippen LogP contribution in [0.3, 0.4) is 0 Å². The molecular weight excluding hydrogens is 636 g/mol. The van der Waals surface area contributed by atoms with Gasteiger partial charge < -0.3 is 33.2 Å². The lowest BCUT2D eigenvalue weighted by Gasteiger charge is -2.10. The van der Waals surface area contributed by atoms with Gasteiger partial charge in [0.1, 0.15) is 30.5 Å². The van der Waals surface area contributed by atoms with Crippen molar-refractivity contribution in [1.82, 2.24) is 0 Å². The highest BCUT2D eigenvalue weighted by atomic mass is 16.6. The van der Waals surface area contributed by atoms with Crippen molar-refractivity contribution < 1.29 is 57.1 Å². The van der Waals surface area contributed by atoms with Crippen LogP contribution in [0.2, 0.25) is 0 Å².